The third kappa shape index (κ3) is 3.93. The van der Waals surface area contributed by atoms with Crippen LogP contribution < -0.4 is 5.32 Å². The molecule has 0 spiro atoms. The van der Waals surface area contributed by atoms with Crippen molar-refractivity contribution in [2.75, 3.05) is 5.75 Å². The van der Waals surface area contributed by atoms with Crippen LogP contribution in [0, 0.1) is 5.92 Å². The van der Waals surface area contributed by atoms with Crippen molar-refractivity contribution in [2.24, 2.45) is 5.92 Å². The van der Waals surface area contributed by atoms with E-state index in [1.807, 2.05) is 30.3 Å². The van der Waals surface area contributed by atoms with Gasteiger partial charge in [-0.05, 0) is 32.6 Å². The molecule has 1 atom stereocenters. The molecule has 1 aromatic heterocycles. The van der Waals surface area contributed by atoms with Gasteiger partial charge in [0.05, 0.1) is 5.75 Å². The minimum Gasteiger partial charge on any atom is -0.353 e. The highest BCUT2D eigenvalue weighted by molar-refractivity contribution is 7.99. The molecule has 3 rings (SSSR count). The molecule has 6 heteroatoms. The summed E-state index contributed by atoms with van der Waals surface area (Å²) in [4.78, 5) is 12.0. The number of benzene rings is 1. The van der Waals surface area contributed by atoms with Crippen LogP contribution in [0.25, 0.3) is 11.4 Å². The van der Waals surface area contributed by atoms with E-state index in [0.717, 1.165) is 23.1 Å². The molecule has 1 fully saturated rings. The first-order chi connectivity index (χ1) is 11.2. The summed E-state index contributed by atoms with van der Waals surface area (Å²) in [5.74, 6) is 1.97. The van der Waals surface area contributed by atoms with E-state index >= 15 is 0 Å². The van der Waals surface area contributed by atoms with Crippen molar-refractivity contribution in [1.82, 2.24) is 20.1 Å². The maximum Gasteiger partial charge on any atom is 0.230 e. The molecule has 1 aromatic carbocycles. The number of rotatable bonds is 7. The van der Waals surface area contributed by atoms with Crippen molar-refractivity contribution in [2.45, 2.75) is 44.4 Å². The summed E-state index contributed by atoms with van der Waals surface area (Å²) in [6.07, 6.45) is 2.47. The lowest BCUT2D eigenvalue weighted by molar-refractivity contribution is -0.119. The molecule has 1 amide bonds. The molecule has 122 valence electrons. The number of hydrogen-bond donors (Lipinski definition) is 1. The molecular weight excluding hydrogens is 308 g/mol. The van der Waals surface area contributed by atoms with Crippen LogP contribution in [0.2, 0.25) is 0 Å². The van der Waals surface area contributed by atoms with Gasteiger partial charge in [-0.2, -0.15) is 0 Å². The predicted octanol–water partition coefficient (Wildman–Crippen LogP) is 2.97. The van der Waals surface area contributed by atoms with E-state index in [2.05, 4.69) is 33.9 Å². The largest absolute Gasteiger partial charge is 0.353 e. The van der Waals surface area contributed by atoms with E-state index in [1.165, 1.54) is 24.6 Å². The Kier molecular flexibility index (Phi) is 5.00. The smallest absolute Gasteiger partial charge is 0.230 e. The highest BCUT2D eigenvalue weighted by Crippen LogP contribution is 2.32. The van der Waals surface area contributed by atoms with Gasteiger partial charge in [-0.1, -0.05) is 42.1 Å². The summed E-state index contributed by atoms with van der Waals surface area (Å²) >= 11 is 1.45. The second-order valence-electron chi connectivity index (χ2n) is 5.90. The fourth-order valence-electron chi connectivity index (χ4n) is 2.62. The monoisotopic (exact) mass is 330 g/mol. The summed E-state index contributed by atoms with van der Waals surface area (Å²) in [6, 6.07) is 10.3. The van der Waals surface area contributed by atoms with Crippen LogP contribution >= 0.6 is 11.8 Å². The molecule has 0 bridgehead atoms. The highest BCUT2D eigenvalue weighted by atomic mass is 32.2. The summed E-state index contributed by atoms with van der Waals surface area (Å²) in [6.45, 7) is 4.93. The Morgan fingerprint density at radius 2 is 2.09 bits per heavy atom. The number of carbonyl (C=O) groups is 1. The topological polar surface area (TPSA) is 59.8 Å². The predicted molar refractivity (Wildman–Crippen MR) is 92.2 cm³/mol. The maximum atomic E-state index is 12.0. The van der Waals surface area contributed by atoms with Gasteiger partial charge in [-0.3, -0.25) is 4.79 Å². The molecule has 1 heterocycles. The van der Waals surface area contributed by atoms with Gasteiger partial charge in [-0.15, -0.1) is 10.2 Å². The molecule has 1 saturated carbocycles. The van der Waals surface area contributed by atoms with Gasteiger partial charge in [0.15, 0.2) is 11.0 Å². The van der Waals surface area contributed by atoms with Gasteiger partial charge in [0.25, 0.3) is 0 Å². The molecule has 0 unspecified atom stereocenters. The van der Waals surface area contributed by atoms with Crippen LogP contribution in [0.4, 0.5) is 0 Å². The van der Waals surface area contributed by atoms with Gasteiger partial charge in [0.1, 0.15) is 0 Å². The lowest BCUT2D eigenvalue weighted by Gasteiger charge is -2.12. The minimum absolute atomic E-state index is 0.0707. The first-order valence-electron chi connectivity index (χ1n) is 8.09. The van der Waals surface area contributed by atoms with Crippen molar-refractivity contribution >= 4 is 17.7 Å². The SMILES string of the molecule is CCn1c(SCC(=O)N[C@@H](C)C2CC2)nnc1-c1ccccc1. The van der Waals surface area contributed by atoms with Gasteiger partial charge in [0.2, 0.25) is 5.91 Å². The summed E-state index contributed by atoms with van der Waals surface area (Å²) in [5, 5.41) is 12.4. The van der Waals surface area contributed by atoms with Crippen molar-refractivity contribution in [1.29, 1.82) is 0 Å². The highest BCUT2D eigenvalue weighted by Gasteiger charge is 2.28. The third-order valence-corrected chi connectivity index (χ3v) is 5.08. The van der Waals surface area contributed by atoms with Crippen molar-refractivity contribution < 1.29 is 4.79 Å². The number of aromatic nitrogens is 3. The molecule has 2 aromatic rings. The molecule has 1 N–H and O–H groups in total. The average molecular weight is 330 g/mol. The summed E-state index contributed by atoms with van der Waals surface area (Å²) in [5.41, 5.74) is 1.04. The Balaban J connectivity index is 1.64. The first-order valence-corrected chi connectivity index (χ1v) is 9.08. The van der Waals surface area contributed by atoms with Gasteiger partial charge in [-0.25, -0.2) is 0 Å². The van der Waals surface area contributed by atoms with E-state index in [9.17, 15) is 4.79 Å². The molecular formula is C17H22N4OS. The summed E-state index contributed by atoms with van der Waals surface area (Å²) in [7, 11) is 0. The van der Waals surface area contributed by atoms with E-state index in [4.69, 9.17) is 0 Å². The van der Waals surface area contributed by atoms with Gasteiger partial charge in [0, 0.05) is 18.2 Å². The number of hydrogen-bond acceptors (Lipinski definition) is 4. The number of carbonyl (C=O) groups excluding carboxylic acids is 1. The van der Waals surface area contributed by atoms with Crippen LogP contribution in [0.1, 0.15) is 26.7 Å². The van der Waals surface area contributed by atoms with Gasteiger partial charge < -0.3 is 9.88 Å². The van der Waals surface area contributed by atoms with Crippen LogP contribution in [-0.4, -0.2) is 32.5 Å². The van der Waals surface area contributed by atoms with Crippen LogP contribution in [0.5, 0.6) is 0 Å². The fourth-order valence-corrected chi connectivity index (χ4v) is 3.43. The van der Waals surface area contributed by atoms with Crippen molar-refractivity contribution in [3.05, 3.63) is 30.3 Å². The zero-order valence-corrected chi connectivity index (χ0v) is 14.3. The molecule has 1 aliphatic carbocycles. The Labute approximate surface area is 140 Å². The quantitative estimate of drug-likeness (QED) is 0.793. The van der Waals surface area contributed by atoms with Crippen molar-refractivity contribution in [3.8, 4) is 11.4 Å². The second-order valence-corrected chi connectivity index (χ2v) is 6.84. The molecule has 0 aliphatic heterocycles. The molecule has 23 heavy (non-hydrogen) atoms. The minimum atomic E-state index is 0.0707. The molecule has 0 radical (unpaired) electrons. The molecule has 1 aliphatic rings. The normalized spacial score (nSPS) is 15.4. The number of thioether (sulfide) groups is 1. The third-order valence-electron chi connectivity index (χ3n) is 4.12. The number of amides is 1. The fraction of sp³-hybridized carbons (Fsp3) is 0.471. The standard InChI is InChI=1S/C17H22N4OS/c1-3-21-16(14-7-5-4-6-8-14)19-20-17(21)23-11-15(22)18-12(2)13-9-10-13/h4-8,12-13H,3,9-11H2,1-2H3,(H,18,22)/t12-/m0/s1. The second kappa shape index (κ2) is 7.17. The zero-order chi connectivity index (χ0) is 16.2. The molecule has 0 saturated heterocycles. The zero-order valence-electron chi connectivity index (χ0n) is 13.5. The van der Waals surface area contributed by atoms with Crippen LogP contribution in [-0.2, 0) is 11.3 Å². The van der Waals surface area contributed by atoms with E-state index in [-0.39, 0.29) is 11.9 Å². The van der Waals surface area contributed by atoms with E-state index in [1.54, 1.807) is 0 Å². The summed E-state index contributed by atoms with van der Waals surface area (Å²) < 4.78 is 2.05. The number of nitrogens with one attached hydrogen (secondary N) is 1. The van der Waals surface area contributed by atoms with E-state index < -0.39 is 0 Å². The Bertz CT molecular complexity index is 666. The lowest BCUT2D eigenvalue weighted by atomic mass is 10.2. The van der Waals surface area contributed by atoms with Crippen molar-refractivity contribution in [3.63, 3.8) is 0 Å². The Morgan fingerprint density at radius 3 is 2.74 bits per heavy atom. The van der Waals surface area contributed by atoms with Crippen LogP contribution in [0.3, 0.4) is 0 Å². The Morgan fingerprint density at radius 1 is 1.35 bits per heavy atom. The van der Waals surface area contributed by atoms with E-state index in [0.29, 0.717) is 11.7 Å². The van der Waals surface area contributed by atoms with Gasteiger partial charge >= 0.3 is 0 Å². The lowest BCUT2D eigenvalue weighted by Crippen LogP contribution is -2.35. The first kappa shape index (κ1) is 16.1. The van der Waals surface area contributed by atoms with Crippen LogP contribution in [0.15, 0.2) is 35.5 Å². The average Bonchev–Trinajstić information content (AvgIpc) is 3.34. The Hall–Kier alpha value is -1.82. The number of nitrogens with zero attached hydrogens (tertiary/aromatic N) is 3. The maximum absolute atomic E-state index is 12.0. The molecule has 5 nitrogen and oxygen atoms in total.